The maximum Gasteiger partial charge on any atom is 0.254 e. The fourth-order valence-corrected chi connectivity index (χ4v) is 3.89. The molecule has 1 aliphatic rings. The highest BCUT2D eigenvalue weighted by Gasteiger charge is 2.32. The first-order valence-corrected chi connectivity index (χ1v) is 10.1. The first-order valence-electron chi connectivity index (χ1n) is 10.1. The van der Waals surface area contributed by atoms with Gasteiger partial charge in [0.05, 0.1) is 31.0 Å². The van der Waals surface area contributed by atoms with Crippen LogP contribution in [0.15, 0.2) is 53.5 Å². The molecule has 1 aromatic carbocycles. The number of H-pyrrole nitrogens is 1. The van der Waals surface area contributed by atoms with E-state index in [0.717, 1.165) is 18.4 Å². The Kier molecular flexibility index (Phi) is 6.08. The lowest BCUT2D eigenvalue weighted by molar-refractivity contribution is 0.0729. The number of amides is 1. The fourth-order valence-electron chi connectivity index (χ4n) is 3.89. The van der Waals surface area contributed by atoms with Gasteiger partial charge < -0.3 is 19.4 Å². The van der Waals surface area contributed by atoms with Gasteiger partial charge >= 0.3 is 0 Å². The van der Waals surface area contributed by atoms with Gasteiger partial charge in [0.15, 0.2) is 0 Å². The van der Waals surface area contributed by atoms with Crippen LogP contribution in [0.5, 0.6) is 5.88 Å². The third-order valence-corrected chi connectivity index (χ3v) is 5.34. The zero-order valence-corrected chi connectivity index (χ0v) is 17.5. The number of methoxy groups -OCH3 is 2. The summed E-state index contributed by atoms with van der Waals surface area (Å²) in [6.07, 6.45) is 3.18. The first kappa shape index (κ1) is 20.7. The van der Waals surface area contributed by atoms with Gasteiger partial charge in [-0.1, -0.05) is 12.1 Å². The zero-order chi connectivity index (χ0) is 21.8. The van der Waals surface area contributed by atoms with Crippen LogP contribution in [0.1, 0.15) is 40.6 Å². The smallest absolute Gasteiger partial charge is 0.254 e. The monoisotopic (exact) mass is 420 g/mol. The van der Waals surface area contributed by atoms with E-state index in [1.807, 2.05) is 12.1 Å². The van der Waals surface area contributed by atoms with Crippen molar-refractivity contribution in [1.82, 2.24) is 19.9 Å². The van der Waals surface area contributed by atoms with Crippen LogP contribution >= 0.6 is 0 Å². The minimum absolute atomic E-state index is 0.0847. The first-order chi connectivity index (χ1) is 15.1. The average Bonchev–Trinajstić information content (AvgIpc) is 3.29. The summed E-state index contributed by atoms with van der Waals surface area (Å²) < 4.78 is 10.4. The second-order valence-corrected chi connectivity index (χ2v) is 7.36. The van der Waals surface area contributed by atoms with Gasteiger partial charge in [0.1, 0.15) is 5.82 Å². The molecule has 31 heavy (non-hydrogen) atoms. The van der Waals surface area contributed by atoms with Gasteiger partial charge in [-0.15, -0.1) is 0 Å². The summed E-state index contributed by atoms with van der Waals surface area (Å²) in [7, 11) is 3.16. The van der Waals surface area contributed by atoms with Crippen LogP contribution in [0.3, 0.4) is 0 Å². The molecule has 3 aromatic rings. The van der Waals surface area contributed by atoms with E-state index in [0.29, 0.717) is 41.7 Å². The van der Waals surface area contributed by atoms with E-state index < -0.39 is 0 Å². The number of nitrogens with zero attached hydrogens (tertiary/aromatic N) is 3. The standard InChI is InChI=1S/C23H24N4O4/c1-30-14-15-7-9-16(10-8-15)23(29)27-12-4-6-19(27)21-25-18(13-20(28)26-21)17-5-3-11-24-22(17)31-2/h3,5,7-11,13,19H,4,6,12,14H2,1-2H3,(H,25,26,28). The second kappa shape index (κ2) is 9.09. The molecule has 0 aliphatic carbocycles. The number of pyridine rings is 1. The lowest BCUT2D eigenvalue weighted by Gasteiger charge is -2.24. The van der Waals surface area contributed by atoms with Crippen LogP contribution in [0.25, 0.3) is 11.3 Å². The predicted octanol–water partition coefficient (Wildman–Crippen LogP) is 2.96. The van der Waals surface area contributed by atoms with E-state index in [1.54, 1.807) is 42.5 Å². The van der Waals surface area contributed by atoms with Crippen LogP contribution < -0.4 is 10.3 Å². The van der Waals surface area contributed by atoms with E-state index in [4.69, 9.17) is 9.47 Å². The van der Waals surface area contributed by atoms with Crippen LogP contribution in [0.4, 0.5) is 0 Å². The summed E-state index contributed by atoms with van der Waals surface area (Å²) in [6, 6.07) is 12.1. The Morgan fingerprint density at radius 3 is 2.77 bits per heavy atom. The Morgan fingerprint density at radius 2 is 2.03 bits per heavy atom. The molecule has 1 unspecified atom stereocenters. The third-order valence-electron chi connectivity index (χ3n) is 5.34. The molecule has 0 radical (unpaired) electrons. The molecule has 0 bridgehead atoms. The van der Waals surface area contributed by atoms with Crippen molar-refractivity contribution in [3.8, 4) is 17.1 Å². The molecule has 0 saturated carbocycles. The Hall–Kier alpha value is -3.52. The highest BCUT2D eigenvalue weighted by atomic mass is 16.5. The Bertz CT molecular complexity index is 1130. The number of hydrogen-bond donors (Lipinski definition) is 1. The Labute approximate surface area is 179 Å². The molecule has 1 saturated heterocycles. The summed E-state index contributed by atoms with van der Waals surface area (Å²) in [5, 5.41) is 0. The molecular weight excluding hydrogens is 396 g/mol. The minimum atomic E-state index is -0.304. The highest BCUT2D eigenvalue weighted by Crippen LogP contribution is 2.32. The molecule has 1 atom stereocenters. The summed E-state index contributed by atoms with van der Waals surface area (Å²) in [4.78, 5) is 39.1. The summed E-state index contributed by atoms with van der Waals surface area (Å²) in [5.74, 6) is 0.774. The van der Waals surface area contributed by atoms with Crippen LogP contribution in [0.2, 0.25) is 0 Å². The molecule has 2 aromatic heterocycles. The lowest BCUT2D eigenvalue weighted by atomic mass is 10.1. The number of aromatic amines is 1. The van der Waals surface area contributed by atoms with Gasteiger partial charge in [-0.25, -0.2) is 9.97 Å². The average molecular weight is 420 g/mol. The fraction of sp³-hybridized carbons (Fsp3) is 0.304. The van der Waals surface area contributed by atoms with Crippen molar-refractivity contribution in [3.05, 3.63) is 76.0 Å². The number of ether oxygens (including phenoxy) is 2. The predicted molar refractivity (Wildman–Crippen MR) is 115 cm³/mol. The molecule has 3 heterocycles. The maximum atomic E-state index is 13.2. The van der Waals surface area contributed by atoms with Crippen molar-refractivity contribution in [1.29, 1.82) is 0 Å². The lowest BCUT2D eigenvalue weighted by Crippen LogP contribution is -2.32. The van der Waals surface area contributed by atoms with E-state index >= 15 is 0 Å². The molecule has 1 amide bonds. The zero-order valence-electron chi connectivity index (χ0n) is 17.5. The highest BCUT2D eigenvalue weighted by molar-refractivity contribution is 5.94. The van der Waals surface area contributed by atoms with Crippen molar-refractivity contribution in [3.63, 3.8) is 0 Å². The molecule has 0 spiro atoms. The van der Waals surface area contributed by atoms with E-state index in [-0.39, 0.29) is 17.5 Å². The van der Waals surface area contributed by atoms with Crippen molar-refractivity contribution in [2.24, 2.45) is 0 Å². The summed E-state index contributed by atoms with van der Waals surface area (Å²) in [6.45, 7) is 1.10. The molecule has 4 rings (SSSR count). The van der Waals surface area contributed by atoms with Crippen molar-refractivity contribution >= 4 is 5.91 Å². The quantitative estimate of drug-likeness (QED) is 0.659. The summed E-state index contributed by atoms with van der Waals surface area (Å²) in [5.41, 5.74) is 2.41. The molecule has 1 fully saturated rings. The molecule has 1 N–H and O–H groups in total. The molecule has 8 heteroatoms. The van der Waals surface area contributed by atoms with Crippen molar-refractivity contribution < 1.29 is 14.3 Å². The number of carbonyl (C=O) groups excluding carboxylic acids is 1. The van der Waals surface area contributed by atoms with Gasteiger partial charge in [0, 0.05) is 31.5 Å². The van der Waals surface area contributed by atoms with Crippen LogP contribution in [-0.2, 0) is 11.3 Å². The van der Waals surface area contributed by atoms with Crippen molar-refractivity contribution in [2.75, 3.05) is 20.8 Å². The normalized spacial score (nSPS) is 15.8. The number of benzene rings is 1. The van der Waals surface area contributed by atoms with Crippen LogP contribution in [0, 0.1) is 0 Å². The van der Waals surface area contributed by atoms with Gasteiger partial charge in [-0.05, 0) is 42.7 Å². The largest absolute Gasteiger partial charge is 0.481 e. The van der Waals surface area contributed by atoms with Gasteiger partial charge in [-0.3, -0.25) is 9.59 Å². The number of likely N-dealkylation sites (tertiary alicyclic amines) is 1. The maximum absolute atomic E-state index is 13.2. The third kappa shape index (κ3) is 4.34. The number of aromatic nitrogens is 3. The van der Waals surface area contributed by atoms with E-state index in [2.05, 4.69) is 15.0 Å². The SMILES string of the molecule is COCc1ccc(C(=O)N2CCCC2c2nc(-c3cccnc3OC)cc(=O)[nH]2)cc1. The summed E-state index contributed by atoms with van der Waals surface area (Å²) >= 11 is 0. The minimum Gasteiger partial charge on any atom is -0.481 e. The van der Waals surface area contributed by atoms with Crippen molar-refractivity contribution in [2.45, 2.75) is 25.5 Å². The van der Waals surface area contributed by atoms with E-state index in [1.165, 1.54) is 13.2 Å². The second-order valence-electron chi connectivity index (χ2n) is 7.36. The Morgan fingerprint density at radius 1 is 1.23 bits per heavy atom. The molecule has 1 aliphatic heterocycles. The van der Waals surface area contributed by atoms with Crippen LogP contribution in [-0.4, -0.2) is 46.5 Å². The number of hydrogen-bond acceptors (Lipinski definition) is 6. The molecule has 8 nitrogen and oxygen atoms in total. The Balaban J connectivity index is 1.65. The van der Waals surface area contributed by atoms with Gasteiger partial charge in [0.2, 0.25) is 5.88 Å². The topological polar surface area (TPSA) is 97.4 Å². The van der Waals surface area contributed by atoms with Gasteiger partial charge in [-0.2, -0.15) is 0 Å². The van der Waals surface area contributed by atoms with Gasteiger partial charge in [0.25, 0.3) is 11.5 Å². The molecular formula is C23H24N4O4. The number of carbonyl (C=O) groups is 1. The molecule has 160 valence electrons. The number of nitrogens with one attached hydrogen (secondary N) is 1. The number of rotatable bonds is 6. The van der Waals surface area contributed by atoms with E-state index in [9.17, 15) is 9.59 Å².